The molecule has 0 radical (unpaired) electrons. The van der Waals surface area contributed by atoms with Gasteiger partial charge < -0.3 is 0 Å². The summed E-state index contributed by atoms with van der Waals surface area (Å²) >= 11 is 0. The lowest BCUT2D eigenvalue weighted by Crippen LogP contribution is -2.24. The number of nitrogens with zero attached hydrogens (tertiary/aromatic N) is 2. The molecule has 1 aromatic heterocycles. The summed E-state index contributed by atoms with van der Waals surface area (Å²) in [7, 11) is 0. The van der Waals surface area contributed by atoms with E-state index in [2.05, 4.69) is 10.1 Å². The van der Waals surface area contributed by atoms with Crippen LogP contribution in [0.2, 0.25) is 0 Å². The molecule has 0 unspecified atom stereocenters. The number of H-pyrrole nitrogens is 1. The highest BCUT2D eigenvalue weighted by atomic mass is 16.1. The predicted molar refractivity (Wildman–Crippen MR) is 74.9 cm³/mol. The van der Waals surface area contributed by atoms with Crippen LogP contribution in [-0.2, 0) is 6.54 Å². The number of aromatic nitrogens is 3. The van der Waals surface area contributed by atoms with E-state index in [1.165, 1.54) is 32.1 Å². The average molecular weight is 257 g/mol. The average Bonchev–Trinajstić information content (AvgIpc) is 2.82. The number of benzene rings is 1. The Bertz CT molecular complexity index is 579. The van der Waals surface area contributed by atoms with Crippen molar-refractivity contribution in [3.05, 3.63) is 40.8 Å². The van der Waals surface area contributed by atoms with Crippen LogP contribution < -0.4 is 5.69 Å². The molecule has 0 aliphatic heterocycles. The minimum Gasteiger partial charge on any atom is -0.289 e. The largest absolute Gasteiger partial charge is 0.343 e. The smallest absolute Gasteiger partial charge is 0.289 e. The second-order valence-corrected chi connectivity index (χ2v) is 5.33. The van der Waals surface area contributed by atoms with E-state index in [4.69, 9.17) is 0 Å². The molecule has 1 fully saturated rings. The summed E-state index contributed by atoms with van der Waals surface area (Å²) in [6.45, 7) is 0.752. The van der Waals surface area contributed by atoms with Crippen LogP contribution in [0, 0.1) is 5.92 Å². The molecule has 1 N–H and O–H groups in total. The van der Waals surface area contributed by atoms with Crippen molar-refractivity contribution in [3.8, 4) is 11.4 Å². The highest BCUT2D eigenvalue weighted by molar-refractivity contribution is 5.53. The van der Waals surface area contributed by atoms with Crippen LogP contribution in [-0.4, -0.2) is 14.8 Å². The summed E-state index contributed by atoms with van der Waals surface area (Å²) in [5, 5.41) is 4.42. The SMILES string of the molecule is O=c1[nH]c(-c2ccccc2)nn1CC1CCCCC1. The lowest BCUT2D eigenvalue weighted by molar-refractivity contribution is 0.304. The Labute approximate surface area is 112 Å². The molecule has 1 saturated carbocycles. The first kappa shape index (κ1) is 12.2. The fraction of sp³-hybridized carbons (Fsp3) is 0.467. The van der Waals surface area contributed by atoms with E-state index in [1.54, 1.807) is 4.68 Å². The highest BCUT2D eigenvalue weighted by Crippen LogP contribution is 2.24. The molecule has 1 aliphatic carbocycles. The molecule has 1 aliphatic rings. The molecule has 0 saturated heterocycles. The Morgan fingerprint density at radius 1 is 1.16 bits per heavy atom. The highest BCUT2D eigenvalue weighted by Gasteiger charge is 2.16. The van der Waals surface area contributed by atoms with Crippen molar-refractivity contribution in [2.24, 2.45) is 5.92 Å². The van der Waals surface area contributed by atoms with Crippen LogP contribution in [0.5, 0.6) is 0 Å². The summed E-state index contributed by atoms with van der Waals surface area (Å²) in [4.78, 5) is 14.8. The number of nitrogens with one attached hydrogen (secondary N) is 1. The lowest BCUT2D eigenvalue weighted by atomic mass is 9.89. The van der Waals surface area contributed by atoms with Gasteiger partial charge in [-0.25, -0.2) is 9.48 Å². The normalized spacial score (nSPS) is 16.6. The van der Waals surface area contributed by atoms with E-state index in [0.29, 0.717) is 11.7 Å². The molecule has 4 nitrogen and oxygen atoms in total. The second-order valence-electron chi connectivity index (χ2n) is 5.33. The summed E-state index contributed by atoms with van der Waals surface area (Å²) in [6.07, 6.45) is 6.35. The lowest BCUT2D eigenvalue weighted by Gasteiger charge is -2.20. The number of aromatic amines is 1. The number of rotatable bonds is 3. The topological polar surface area (TPSA) is 50.7 Å². The van der Waals surface area contributed by atoms with Crippen LogP contribution in [0.3, 0.4) is 0 Å². The summed E-state index contributed by atoms with van der Waals surface area (Å²) in [6, 6.07) is 9.79. The standard InChI is InChI=1S/C15H19N3O/c19-15-16-14(13-9-5-2-6-10-13)17-18(15)11-12-7-3-1-4-8-12/h2,5-6,9-10,12H,1,3-4,7-8,11H2,(H,16,17,19). The minimum atomic E-state index is -0.0931. The molecular weight excluding hydrogens is 238 g/mol. The third-order valence-electron chi connectivity index (χ3n) is 3.88. The molecule has 19 heavy (non-hydrogen) atoms. The molecule has 0 spiro atoms. The van der Waals surface area contributed by atoms with Gasteiger partial charge in [-0.15, -0.1) is 5.10 Å². The van der Waals surface area contributed by atoms with Crippen LogP contribution in [0.25, 0.3) is 11.4 Å². The fourth-order valence-corrected chi connectivity index (χ4v) is 2.82. The second kappa shape index (κ2) is 5.43. The van der Waals surface area contributed by atoms with Crippen molar-refractivity contribution in [1.29, 1.82) is 0 Å². The zero-order valence-electron chi connectivity index (χ0n) is 11.0. The van der Waals surface area contributed by atoms with Crippen LogP contribution in [0.4, 0.5) is 0 Å². The van der Waals surface area contributed by atoms with Crippen molar-refractivity contribution in [2.75, 3.05) is 0 Å². The Morgan fingerprint density at radius 2 is 1.89 bits per heavy atom. The van der Waals surface area contributed by atoms with E-state index in [0.717, 1.165) is 12.1 Å². The van der Waals surface area contributed by atoms with Gasteiger partial charge in [0.15, 0.2) is 5.82 Å². The van der Waals surface area contributed by atoms with Gasteiger partial charge in [0.2, 0.25) is 0 Å². The molecular formula is C15H19N3O. The van der Waals surface area contributed by atoms with Gasteiger partial charge in [0, 0.05) is 12.1 Å². The van der Waals surface area contributed by atoms with Crippen molar-refractivity contribution in [2.45, 2.75) is 38.6 Å². The maximum absolute atomic E-state index is 11.9. The number of hydrogen-bond donors (Lipinski definition) is 1. The van der Waals surface area contributed by atoms with Crippen LogP contribution >= 0.6 is 0 Å². The summed E-state index contributed by atoms with van der Waals surface area (Å²) < 4.78 is 1.60. The third kappa shape index (κ3) is 2.78. The van der Waals surface area contributed by atoms with Crippen LogP contribution in [0.1, 0.15) is 32.1 Å². The monoisotopic (exact) mass is 257 g/mol. The summed E-state index contributed by atoms with van der Waals surface area (Å²) in [5.41, 5.74) is 0.867. The van der Waals surface area contributed by atoms with Gasteiger partial charge >= 0.3 is 5.69 Å². The van der Waals surface area contributed by atoms with E-state index >= 15 is 0 Å². The van der Waals surface area contributed by atoms with Gasteiger partial charge in [-0.1, -0.05) is 49.6 Å². The Hall–Kier alpha value is -1.84. The molecule has 4 heteroatoms. The van der Waals surface area contributed by atoms with Gasteiger partial charge in [0.05, 0.1) is 0 Å². The Kier molecular flexibility index (Phi) is 3.49. The quantitative estimate of drug-likeness (QED) is 0.919. The first-order chi connectivity index (χ1) is 9.33. The molecule has 0 bridgehead atoms. The molecule has 100 valence electrons. The van der Waals surface area contributed by atoms with Gasteiger partial charge in [0.1, 0.15) is 0 Å². The zero-order chi connectivity index (χ0) is 13.1. The van der Waals surface area contributed by atoms with Crippen molar-refractivity contribution >= 4 is 0 Å². The first-order valence-corrected chi connectivity index (χ1v) is 7.05. The molecule has 1 heterocycles. The summed E-state index contributed by atoms with van der Waals surface area (Å²) in [5.74, 6) is 1.28. The maximum atomic E-state index is 11.9. The van der Waals surface area contributed by atoms with Crippen molar-refractivity contribution in [3.63, 3.8) is 0 Å². The predicted octanol–water partition coefficient (Wildman–Crippen LogP) is 2.82. The molecule has 1 aromatic carbocycles. The van der Waals surface area contributed by atoms with Gasteiger partial charge in [-0.3, -0.25) is 4.98 Å². The fourth-order valence-electron chi connectivity index (χ4n) is 2.82. The van der Waals surface area contributed by atoms with Gasteiger partial charge in [-0.05, 0) is 18.8 Å². The maximum Gasteiger partial charge on any atom is 0.343 e. The van der Waals surface area contributed by atoms with E-state index < -0.39 is 0 Å². The van der Waals surface area contributed by atoms with Crippen LogP contribution in [0.15, 0.2) is 35.1 Å². The van der Waals surface area contributed by atoms with E-state index in [-0.39, 0.29) is 5.69 Å². The molecule has 2 aromatic rings. The Balaban J connectivity index is 1.79. The van der Waals surface area contributed by atoms with Crippen molar-refractivity contribution in [1.82, 2.24) is 14.8 Å². The molecule has 0 atom stereocenters. The van der Waals surface area contributed by atoms with E-state index in [9.17, 15) is 4.79 Å². The van der Waals surface area contributed by atoms with Gasteiger partial charge in [-0.2, -0.15) is 0 Å². The number of hydrogen-bond acceptors (Lipinski definition) is 2. The van der Waals surface area contributed by atoms with E-state index in [1.807, 2.05) is 30.3 Å². The third-order valence-corrected chi connectivity index (χ3v) is 3.88. The molecule has 3 rings (SSSR count). The minimum absolute atomic E-state index is 0.0931. The van der Waals surface area contributed by atoms with Crippen molar-refractivity contribution < 1.29 is 0 Å². The first-order valence-electron chi connectivity index (χ1n) is 7.05. The molecule has 0 amide bonds. The van der Waals surface area contributed by atoms with Gasteiger partial charge in [0.25, 0.3) is 0 Å². The Morgan fingerprint density at radius 3 is 2.63 bits per heavy atom. The zero-order valence-corrected chi connectivity index (χ0v) is 11.0.